The quantitative estimate of drug-likeness (QED) is 0.234. The van der Waals surface area contributed by atoms with Gasteiger partial charge in [-0.05, 0) is 79.2 Å². The Kier molecular flexibility index (Phi) is 3.44. The van der Waals surface area contributed by atoms with Gasteiger partial charge in [-0.3, -0.25) is 0 Å². The fourth-order valence-corrected chi connectivity index (χ4v) is 5.22. The Morgan fingerprint density at radius 3 is 2.00 bits per heavy atom. The van der Waals surface area contributed by atoms with Crippen LogP contribution in [-0.2, 0) is 5.41 Å². The lowest BCUT2D eigenvalue weighted by atomic mass is 9.81. The molecule has 0 atom stereocenters. The predicted molar refractivity (Wildman–Crippen MR) is 129 cm³/mol. The normalized spacial score (nSPS) is 14.1. The van der Waals surface area contributed by atoms with Crippen molar-refractivity contribution in [1.29, 1.82) is 0 Å². The van der Waals surface area contributed by atoms with Crippen molar-refractivity contribution in [2.24, 2.45) is 0 Å². The van der Waals surface area contributed by atoms with Crippen LogP contribution in [0.3, 0.4) is 0 Å². The Morgan fingerprint density at radius 2 is 1.20 bits per heavy atom. The molecule has 5 aromatic carbocycles. The maximum Gasteiger partial charge on any atom is 0.0317 e. The highest BCUT2D eigenvalue weighted by molar-refractivity contribution is 6.13. The molecule has 0 saturated carbocycles. The number of benzene rings is 5. The highest BCUT2D eigenvalue weighted by Gasteiger charge is 2.35. The Bertz CT molecular complexity index is 1470. The van der Waals surface area contributed by atoms with Gasteiger partial charge >= 0.3 is 0 Å². The summed E-state index contributed by atoms with van der Waals surface area (Å²) in [6, 6.07) is 33.0. The summed E-state index contributed by atoms with van der Waals surface area (Å²) >= 11 is 0. The zero-order chi connectivity index (χ0) is 20.5. The number of anilines is 1. The van der Waals surface area contributed by atoms with Crippen LogP contribution in [0.1, 0.15) is 25.0 Å². The van der Waals surface area contributed by atoms with Crippen molar-refractivity contribution in [1.82, 2.24) is 0 Å². The third-order valence-corrected chi connectivity index (χ3v) is 6.78. The van der Waals surface area contributed by atoms with Crippen LogP contribution in [0.25, 0.3) is 43.8 Å². The third kappa shape index (κ3) is 2.29. The summed E-state index contributed by atoms with van der Waals surface area (Å²) in [6.45, 7) is 4.61. The summed E-state index contributed by atoms with van der Waals surface area (Å²) in [5.41, 5.74) is 14.8. The molecule has 0 aromatic heterocycles. The van der Waals surface area contributed by atoms with Crippen LogP contribution < -0.4 is 5.73 Å². The van der Waals surface area contributed by atoms with Gasteiger partial charge in [0, 0.05) is 11.1 Å². The number of hydrogen-bond acceptors (Lipinski definition) is 1. The maximum absolute atomic E-state index is 6.12. The number of nitrogens with two attached hydrogens (primary N) is 1. The highest BCUT2D eigenvalue weighted by Crippen LogP contribution is 2.50. The second-order valence-electron chi connectivity index (χ2n) is 8.88. The van der Waals surface area contributed by atoms with Crippen molar-refractivity contribution in [2.45, 2.75) is 19.3 Å². The van der Waals surface area contributed by atoms with Gasteiger partial charge in [-0.1, -0.05) is 80.6 Å². The first-order chi connectivity index (χ1) is 14.5. The monoisotopic (exact) mass is 385 g/mol. The Balaban J connectivity index is 1.63. The van der Waals surface area contributed by atoms with Gasteiger partial charge in [0.1, 0.15) is 0 Å². The largest absolute Gasteiger partial charge is 0.399 e. The molecule has 1 aliphatic carbocycles. The predicted octanol–water partition coefficient (Wildman–Crippen LogP) is 7.55. The van der Waals surface area contributed by atoms with Crippen LogP contribution in [0.15, 0.2) is 91.0 Å². The molecular weight excluding hydrogens is 362 g/mol. The van der Waals surface area contributed by atoms with Gasteiger partial charge in [0.2, 0.25) is 0 Å². The summed E-state index contributed by atoms with van der Waals surface area (Å²) in [6.07, 6.45) is 0. The van der Waals surface area contributed by atoms with E-state index >= 15 is 0 Å². The molecule has 6 rings (SSSR count). The minimum atomic E-state index is -0.0668. The van der Waals surface area contributed by atoms with Gasteiger partial charge in [-0.25, -0.2) is 0 Å². The molecule has 0 saturated heterocycles. The first-order valence-electron chi connectivity index (χ1n) is 10.5. The van der Waals surface area contributed by atoms with Crippen molar-refractivity contribution in [3.8, 4) is 22.3 Å². The van der Waals surface area contributed by atoms with E-state index in [0.29, 0.717) is 0 Å². The van der Waals surface area contributed by atoms with E-state index in [0.717, 1.165) is 5.69 Å². The average molecular weight is 386 g/mol. The van der Waals surface area contributed by atoms with Crippen molar-refractivity contribution in [3.05, 3.63) is 102 Å². The molecular formula is C29H23N. The Hall–Kier alpha value is -3.58. The number of rotatable bonds is 1. The topological polar surface area (TPSA) is 26.0 Å². The minimum Gasteiger partial charge on any atom is -0.399 e. The maximum atomic E-state index is 6.12. The summed E-state index contributed by atoms with van der Waals surface area (Å²) in [5.74, 6) is 0. The van der Waals surface area contributed by atoms with E-state index in [9.17, 15) is 0 Å². The molecule has 30 heavy (non-hydrogen) atoms. The Morgan fingerprint density at radius 1 is 0.567 bits per heavy atom. The van der Waals surface area contributed by atoms with Gasteiger partial charge < -0.3 is 5.73 Å². The molecule has 0 heterocycles. The van der Waals surface area contributed by atoms with E-state index < -0.39 is 0 Å². The summed E-state index contributed by atoms with van der Waals surface area (Å²) in [7, 11) is 0. The first-order valence-corrected chi connectivity index (χ1v) is 10.5. The van der Waals surface area contributed by atoms with E-state index in [-0.39, 0.29) is 5.41 Å². The van der Waals surface area contributed by atoms with Gasteiger partial charge in [0.15, 0.2) is 0 Å². The van der Waals surface area contributed by atoms with Gasteiger partial charge in [-0.15, -0.1) is 0 Å². The second-order valence-corrected chi connectivity index (χ2v) is 8.88. The van der Waals surface area contributed by atoms with E-state index in [1.807, 2.05) is 6.07 Å². The van der Waals surface area contributed by atoms with Crippen LogP contribution in [-0.4, -0.2) is 0 Å². The first kappa shape index (κ1) is 17.3. The molecule has 0 bridgehead atoms. The van der Waals surface area contributed by atoms with E-state index in [4.69, 9.17) is 5.73 Å². The van der Waals surface area contributed by atoms with E-state index in [1.165, 1.54) is 54.9 Å². The molecule has 0 fully saturated rings. The summed E-state index contributed by atoms with van der Waals surface area (Å²) in [5, 5.41) is 5.19. The van der Waals surface area contributed by atoms with Crippen LogP contribution in [0.4, 0.5) is 5.69 Å². The molecule has 0 aliphatic heterocycles. The summed E-state index contributed by atoms with van der Waals surface area (Å²) < 4.78 is 0. The molecule has 0 radical (unpaired) electrons. The third-order valence-electron chi connectivity index (χ3n) is 6.78. The molecule has 0 unspecified atom stereocenters. The zero-order valence-electron chi connectivity index (χ0n) is 17.2. The lowest BCUT2D eigenvalue weighted by Crippen LogP contribution is -2.15. The zero-order valence-corrected chi connectivity index (χ0v) is 17.2. The number of fused-ring (bicyclic) bond motifs is 6. The lowest BCUT2D eigenvalue weighted by Gasteiger charge is -2.22. The number of nitrogen functional groups attached to an aromatic ring is 1. The van der Waals surface area contributed by atoms with Gasteiger partial charge in [0.05, 0.1) is 0 Å². The molecule has 1 nitrogen and oxygen atoms in total. The molecule has 0 spiro atoms. The van der Waals surface area contributed by atoms with Crippen molar-refractivity contribution in [2.75, 3.05) is 5.73 Å². The van der Waals surface area contributed by atoms with Crippen LogP contribution in [0.2, 0.25) is 0 Å². The lowest BCUT2D eigenvalue weighted by molar-refractivity contribution is 0.661. The van der Waals surface area contributed by atoms with Gasteiger partial charge in [0.25, 0.3) is 0 Å². The SMILES string of the molecule is CC1(C)c2cc(N)ccc2-c2ccc(-c3cc4ccccc4c4ccccc34)cc21. The average Bonchev–Trinajstić information content (AvgIpc) is 2.99. The fraction of sp³-hybridized carbons (Fsp3) is 0.103. The van der Waals surface area contributed by atoms with Gasteiger partial charge in [-0.2, -0.15) is 0 Å². The van der Waals surface area contributed by atoms with Crippen molar-refractivity contribution in [3.63, 3.8) is 0 Å². The highest BCUT2D eigenvalue weighted by atomic mass is 14.5. The second kappa shape index (κ2) is 5.96. The van der Waals surface area contributed by atoms with Crippen LogP contribution in [0.5, 0.6) is 0 Å². The minimum absolute atomic E-state index is 0.0668. The van der Waals surface area contributed by atoms with Crippen molar-refractivity contribution >= 4 is 27.2 Å². The molecule has 1 aliphatic rings. The van der Waals surface area contributed by atoms with Crippen LogP contribution in [0, 0.1) is 0 Å². The van der Waals surface area contributed by atoms with E-state index in [1.54, 1.807) is 0 Å². The summed E-state index contributed by atoms with van der Waals surface area (Å²) in [4.78, 5) is 0. The molecule has 0 amide bonds. The molecule has 2 N–H and O–H groups in total. The molecule has 5 aromatic rings. The standard InChI is InChI=1S/C29H23N/c1-29(2)27-16-19(11-13-24(27)25-14-12-20(30)17-28(25)29)26-15-18-7-3-4-8-21(18)22-9-5-6-10-23(22)26/h3-17H,30H2,1-2H3. The van der Waals surface area contributed by atoms with Crippen LogP contribution >= 0.6 is 0 Å². The van der Waals surface area contributed by atoms with Crippen molar-refractivity contribution < 1.29 is 0 Å². The fourth-order valence-electron chi connectivity index (χ4n) is 5.22. The Labute approximate surface area is 176 Å². The number of hydrogen-bond donors (Lipinski definition) is 1. The smallest absolute Gasteiger partial charge is 0.0317 e. The molecule has 1 heteroatoms. The molecule has 144 valence electrons. The van der Waals surface area contributed by atoms with E-state index in [2.05, 4.69) is 98.8 Å².